The number of thiophene rings is 10. The van der Waals surface area contributed by atoms with Crippen LogP contribution in [0.15, 0.2) is 71.4 Å². The van der Waals surface area contributed by atoms with E-state index in [1.165, 1.54) is 86.7 Å². The van der Waals surface area contributed by atoms with Gasteiger partial charge in [-0.1, -0.05) is 0 Å². The lowest BCUT2D eigenvalue weighted by molar-refractivity contribution is 0.826. The Labute approximate surface area is 328 Å². The number of hydrogen-bond acceptors (Lipinski definition) is 10. The summed E-state index contributed by atoms with van der Waals surface area (Å²) in [6, 6.07) is 23.9. The van der Waals surface area contributed by atoms with Crippen molar-refractivity contribution in [1.29, 1.82) is 0 Å². The fourth-order valence-corrected chi connectivity index (χ4v) is 21.4. The summed E-state index contributed by atoms with van der Waals surface area (Å²) in [6.07, 6.45) is 0. The van der Waals surface area contributed by atoms with Crippen LogP contribution in [0.1, 0.15) is 61.3 Å². The van der Waals surface area contributed by atoms with Gasteiger partial charge in [0, 0.05) is 70.7 Å². The van der Waals surface area contributed by atoms with Gasteiger partial charge >= 0.3 is 0 Å². The van der Waals surface area contributed by atoms with Gasteiger partial charge in [-0.05, 0) is 99.1 Å². The average Bonchev–Trinajstić information content (AvgIpc) is 3.88. The maximum atomic E-state index is 2.45. The maximum Gasteiger partial charge on any atom is 0.0944 e. The first-order valence-electron chi connectivity index (χ1n) is 16.3. The fourth-order valence-electron chi connectivity index (χ4n) is 8.61. The third kappa shape index (κ3) is 3.51. The summed E-state index contributed by atoms with van der Waals surface area (Å²) in [5.41, 5.74) is 5.55. The molecule has 2 aliphatic rings. The largest absolute Gasteiger partial charge is 0.144 e. The van der Waals surface area contributed by atoms with Crippen molar-refractivity contribution in [1.82, 2.24) is 0 Å². The monoisotopic (exact) mass is 824 g/mol. The van der Waals surface area contributed by atoms with Crippen LogP contribution < -0.4 is 0 Å². The Hall–Kier alpha value is -2.22. The van der Waals surface area contributed by atoms with Gasteiger partial charge in [-0.25, -0.2) is 0 Å². The molecule has 0 aromatic carbocycles. The molecule has 0 fully saturated rings. The summed E-state index contributed by atoms with van der Waals surface area (Å²) in [5.74, 6) is 0. The summed E-state index contributed by atoms with van der Waals surface area (Å²) >= 11 is 20.1. The van der Waals surface area contributed by atoms with E-state index in [1.807, 2.05) is 90.7 Å². The zero-order valence-corrected chi connectivity index (χ0v) is 35.2. The smallest absolute Gasteiger partial charge is 0.0944 e. The molecule has 244 valence electrons. The first kappa shape index (κ1) is 30.3. The Morgan fingerprint density at radius 3 is 0.980 bits per heavy atom. The highest BCUT2D eigenvalue weighted by atomic mass is 32.1. The van der Waals surface area contributed by atoms with Crippen molar-refractivity contribution in [2.24, 2.45) is 0 Å². The van der Waals surface area contributed by atoms with Crippen LogP contribution in [0.4, 0.5) is 0 Å². The zero-order chi connectivity index (χ0) is 33.3. The second-order valence-corrected chi connectivity index (χ2v) is 24.4. The molecule has 0 bridgehead atoms. The lowest BCUT2D eigenvalue weighted by Gasteiger charge is -2.30. The molecule has 0 nitrogen and oxygen atoms in total. The van der Waals surface area contributed by atoms with Gasteiger partial charge in [0.2, 0.25) is 0 Å². The van der Waals surface area contributed by atoms with Gasteiger partial charge in [-0.3, -0.25) is 0 Å². The van der Waals surface area contributed by atoms with Gasteiger partial charge in [0.1, 0.15) is 0 Å². The van der Waals surface area contributed by atoms with Crippen LogP contribution in [-0.2, 0) is 10.8 Å². The van der Waals surface area contributed by atoms with Crippen LogP contribution in [-0.4, -0.2) is 0 Å². The van der Waals surface area contributed by atoms with Crippen molar-refractivity contribution in [2.75, 3.05) is 0 Å². The molecule has 10 heteroatoms. The van der Waals surface area contributed by atoms with Crippen molar-refractivity contribution in [3.05, 3.63) is 133 Å². The zero-order valence-electron chi connectivity index (χ0n) is 27.0. The summed E-state index contributed by atoms with van der Waals surface area (Å²) in [4.78, 5) is 17.4. The average molecular weight is 825 g/mol. The summed E-state index contributed by atoms with van der Waals surface area (Å²) in [7, 11) is 0. The SMILES string of the molecule is Cc1ccc(C2(c3ccc(C)s3)c3c(sc4ccsc34)-c3sc4c5c(sc4c32)-c2sc3ccsc3c2C5(c2ccc(C)s2)c2ccc(C)s2)s1. The van der Waals surface area contributed by atoms with E-state index in [1.54, 1.807) is 22.3 Å². The number of rotatable bonds is 4. The van der Waals surface area contributed by atoms with E-state index in [4.69, 9.17) is 0 Å². The minimum absolute atomic E-state index is 0.317. The minimum Gasteiger partial charge on any atom is -0.144 e. The summed E-state index contributed by atoms with van der Waals surface area (Å²) in [5, 5.41) is 4.61. The topological polar surface area (TPSA) is 0 Å². The van der Waals surface area contributed by atoms with Crippen LogP contribution in [0.3, 0.4) is 0 Å². The quantitative estimate of drug-likeness (QED) is 0.166. The highest BCUT2D eigenvalue weighted by Crippen LogP contribution is 2.73. The van der Waals surface area contributed by atoms with E-state index in [2.05, 4.69) is 122 Å². The fraction of sp³-hybridized carbons (Fsp3) is 0.150. The van der Waals surface area contributed by atoms with Crippen molar-refractivity contribution in [3.63, 3.8) is 0 Å². The highest BCUT2D eigenvalue weighted by molar-refractivity contribution is 7.37. The standard InChI is InChI=1S/C40H24S10/c1-17-5-9-23(43-17)39(24-10-6-18(2)44-24)27-31-21(13-15-41-31)47-33(27)35-29(39)37-38(49-35)30-36(50-37)34-28(32-22(48-34)14-16-42-32)40(30,25-11-7-19(3)45-25)26-12-8-20(4)46-26/h5-16H,1-4H3. The Balaban J connectivity index is 1.29. The molecule has 12 rings (SSSR count). The molecule has 0 radical (unpaired) electrons. The van der Waals surface area contributed by atoms with Gasteiger partial charge in [-0.15, -0.1) is 113 Å². The van der Waals surface area contributed by atoms with Crippen LogP contribution in [0.2, 0.25) is 0 Å². The molecule has 10 aromatic heterocycles. The molecule has 2 aliphatic carbocycles. The lowest BCUT2D eigenvalue weighted by atomic mass is 9.75. The molecule has 0 saturated carbocycles. The number of hydrogen-bond donors (Lipinski definition) is 0. The normalized spacial score (nSPS) is 15.5. The van der Waals surface area contributed by atoms with Gasteiger partial charge in [0.05, 0.1) is 49.1 Å². The second-order valence-electron chi connectivity index (χ2n) is 13.3. The van der Waals surface area contributed by atoms with E-state index >= 15 is 0 Å². The molecule has 50 heavy (non-hydrogen) atoms. The van der Waals surface area contributed by atoms with E-state index in [0.29, 0.717) is 0 Å². The lowest BCUT2D eigenvalue weighted by Crippen LogP contribution is -2.26. The molecule has 0 saturated heterocycles. The third-order valence-corrected chi connectivity index (χ3v) is 22.3. The van der Waals surface area contributed by atoms with E-state index in [-0.39, 0.29) is 10.8 Å². The Morgan fingerprint density at radius 1 is 0.340 bits per heavy atom. The van der Waals surface area contributed by atoms with E-state index < -0.39 is 0 Å². The van der Waals surface area contributed by atoms with Crippen molar-refractivity contribution >= 4 is 142 Å². The maximum absolute atomic E-state index is 2.45. The molecule has 10 heterocycles. The predicted molar refractivity (Wildman–Crippen MR) is 231 cm³/mol. The van der Waals surface area contributed by atoms with E-state index in [0.717, 1.165) is 0 Å². The molecular weight excluding hydrogens is 801 g/mol. The number of fused-ring (bicyclic) bond motifs is 13. The molecule has 0 atom stereocenters. The molecule has 10 aromatic rings. The molecule has 0 amide bonds. The first-order chi connectivity index (χ1) is 24.4. The second kappa shape index (κ2) is 10.3. The molecule has 0 N–H and O–H groups in total. The molecule has 0 unspecified atom stereocenters. The Morgan fingerprint density at radius 2 is 0.660 bits per heavy atom. The summed E-state index contributed by atoms with van der Waals surface area (Å²) in [6.45, 7) is 9.11. The summed E-state index contributed by atoms with van der Waals surface area (Å²) < 4.78 is 8.82. The Kier molecular flexibility index (Phi) is 6.21. The minimum atomic E-state index is -0.317. The van der Waals surface area contributed by atoms with Gasteiger partial charge in [0.15, 0.2) is 0 Å². The van der Waals surface area contributed by atoms with Crippen LogP contribution in [0, 0.1) is 27.7 Å². The van der Waals surface area contributed by atoms with E-state index in [9.17, 15) is 0 Å². The van der Waals surface area contributed by atoms with Crippen molar-refractivity contribution < 1.29 is 0 Å². The van der Waals surface area contributed by atoms with Crippen LogP contribution >= 0.6 is 113 Å². The first-order valence-corrected chi connectivity index (χ1v) is 24.6. The van der Waals surface area contributed by atoms with Crippen LogP contribution in [0.5, 0.6) is 0 Å². The van der Waals surface area contributed by atoms with Crippen LogP contribution in [0.25, 0.3) is 47.7 Å². The predicted octanol–water partition coefficient (Wildman–Crippen LogP) is 15.7. The highest BCUT2D eigenvalue weighted by Gasteiger charge is 2.57. The Bertz CT molecular complexity index is 2720. The molecule has 0 spiro atoms. The molecular formula is C40H24S10. The van der Waals surface area contributed by atoms with Crippen molar-refractivity contribution in [3.8, 4) is 19.5 Å². The van der Waals surface area contributed by atoms with Crippen molar-refractivity contribution in [2.45, 2.75) is 38.5 Å². The van der Waals surface area contributed by atoms with Gasteiger partial charge < -0.3 is 0 Å². The number of aryl methyl sites for hydroxylation is 4. The third-order valence-electron chi connectivity index (χ3n) is 10.5. The molecule has 0 aliphatic heterocycles. The van der Waals surface area contributed by atoms with Gasteiger partial charge in [0.25, 0.3) is 0 Å². The van der Waals surface area contributed by atoms with Gasteiger partial charge in [-0.2, -0.15) is 0 Å².